The fraction of sp³-hybridized carbons (Fsp3) is 0.444. The summed E-state index contributed by atoms with van der Waals surface area (Å²) in [5, 5.41) is 8.14. The van der Waals surface area contributed by atoms with Gasteiger partial charge in [0.1, 0.15) is 0 Å². The molecule has 102 valence electrons. The molecule has 2 unspecified atom stereocenters. The van der Waals surface area contributed by atoms with Crippen molar-refractivity contribution in [1.29, 1.82) is 0 Å². The highest BCUT2D eigenvalue weighted by molar-refractivity contribution is 7.89. The molecule has 0 fully saturated rings. The van der Waals surface area contributed by atoms with Gasteiger partial charge < -0.3 is 9.52 Å². The molecule has 0 aliphatic heterocycles. The van der Waals surface area contributed by atoms with E-state index in [-0.39, 0.29) is 5.75 Å². The van der Waals surface area contributed by atoms with Gasteiger partial charge in [0.25, 0.3) is 10.0 Å². The molecule has 0 saturated heterocycles. The van der Waals surface area contributed by atoms with Gasteiger partial charge in [-0.05, 0) is 19.1 Å². The van der Waals surface area contributed by atoms with Crippen LogP contribution < -0.4 is 4.72 Å². The smallest absolute Gasteiger partial charge is 0.371 e. The van der Waals surface area contributed by atoms with Gasteiger partial charge in [-0.3, -0.25) is 4.21 Å². The standard InChI is InChI=1S/C9H13NO6S2/c1-6(5-17(2)13)10-18(14,15)8-4-3-7(16-8)9(11)12/h3-4,6,10H,5H2,1-2H3,(H,11,12). The number of rotatable bonds is 6. The third-order valence-corrected chi connectivity index (χ3v) is 4.33. The van der Waals surface area contributed by atoms with Crippen LogP contribution in [0.4, 0.5) is 0 Å². The molecule has 7 nitrogen and oxygen atoms in total. The molecule has 0 aliphatic carbocycles. The maximum atomic E-state index is 11.8. The van der Waals surface area contributed by atoms with Crippen LogP contribution in [0.1, 0.15) is 17.5 Å². The van der Waals surface area contributed by atoms with Crippen molar-refractivity contribution in [3.05, 3.63) is 17.9 Å². The van der Waals surface area contributed by atoms with Crippen molar-refractivity contribution < 1.29 is 26.9 Å². The maximum Gasteiger partial charge on any atom is 0.371 e. The Hall–Kier alpha value is -1.19. The number of carbonyl (C=O) groups is 1. The van der Waals surface area contributed by atoms with E-state index in [0.29, 0.717) is 0 Å². The van der Waals surface area contributed by atoms with Gasteiger partial charge in [0.05, 0.1) is 0 Å². The minimum atomic E-state index is -3.93. The Kier molecular flexibility index (Phi) is 4.65. The molecule has 0 spiro atoms. The van der Waals surface area contributed by atoms with Gasteiger partial charge in [-0.2, -0.15) is 0 Å². The summed E-state index contributed by atoms with van der Waals surface area (Å²) in [6, 6.07) is 1.57. The fourth-order valence-electron chi connectivity index (χ4n) is 1.29. The highest BCUT2D eigenvalue weighted by Crippen LogP contribution is 2.14. The Balaban J connectivity index is 2.85. The first kappa shape index (κ1) is 14.9. The van der Waals surface area contributed by atoms with Gasteiger partial charge in [0.15, 0.2) is 0 Å². The van der Waals surface area contributed by atoms with Crippen LogP contribution in [0.5, 0.6) is 0 Å². The molecule has 0 amide bonds. The second-order valence-corrected chi connectivity index (χ2v) is 6.81. The number of aromatic carboxylic acids is 1. The topological polar surface area (TPSA) is 114 Å². The van der Waals surface area contributed by atoms with Crippen LogP contribution in [0.2, 0.25) is 0 Å². The lowest BCUT2D eigenvalue weighted by molar-refractivity contribution is 0.0656. The first-order chi connectivity index (χ1) is 8.22. The summed E-state index contributed by atoms with van der Waals surface area (Å²) in [6.07, 6.45) is 1.46. The average Bonchev–Trinajstić information content (AvgIpc) is 2.63. The zero-order chi connectivity index (χ0) is 13.9. The summed E-state index contributed by atoms with van der Waals surface area (Å²) in [5.41, 5.74) is 0. The maximum absolute atomic E-state index is 11.8. The van der Waals surface area contributed by atoms with E-state index < -0.39 is 43.7 Å². The quantitative estimate of drug-likeness (QED) is 0.765. The third kappa shape index (κ3) is 3.93. The second-order valence-electron chi connectivity index (χ2n) is 3.69. The summed E-state index contributed by atoms with van der Waals surface area (Å²) in [7, 11) is -5.07. The summed E-state index contributed by atoms with van der Waals surface area (Å²) in [4.78, 5) is 10.6. The SMILES string of the molecule is CC(CS(C)=O)NS(=O)(=O)c1ccc(C(=O)O)o1. The zero-order valence-corrected chi connectivity index (χ0v) is 11.4. The third-order valence-electron chi connectivity index (χ3n) is 1.90. The summed E-state index contributed by atoms with van der Waals surface area (Å²) >= 11 is 0. The van der Waals surface area contributed by atoms with E-state index in [1.54, 1.807) is 6.92 Å². The first-order valence-electron chi connectivity index (χ1n) is 4.88. The molecule has 1 rings (SSSR count). The number of nitrogens with one attached hydrogen (secondary N) is 1. The van der Waals surface area contributed by atoms with E-state index in [2.05, 4.69) is 9.14 Å². The molecular formula is C9H13NO6S2. The number of carboxylic acids is 1. The van der Waals surface area contributed by atoms with Crippen molar-refractivity contribution >= 4 is 26.8 Å². The largest absolute Gasteiger partial charge is 0.475 e. The molecule has 2 atom stereocenters. The first-order valence-corrected chi connectivity index (χ1v) is 8.09. The normalized spacial score (nSPS) is 15.2. The van der Waals surface area contributed by atoms with Gasteiger partial charge in [0, 0.05) is 28.9 Å². The lowest BCUT2D eigenvalue weighted by Crippen LogP contribution is -2.36. The van der Waals surface area contributed by atoms with E-state index in [1.165, 1.54) is 6.26 Å². The molecule has 0 saturated carbocycles. The number of sulfonamides is 1. The molecule has 18 heavy (non-hydrogen) atoms. The molecule has 9 heteroatoms. The fourth-order valence-corrected chi connectivity index (χ4v) is 3.36. The average molecular weight is 295 g/mol. The molecule has 0 bridgehead atoms. The van der Waals surface area contributed by atoms with Crippen molar-refractivity contribution in [3.63, 3.8) is 0 Å². The Morgan fingerprint density at radius 1 is 1.56 bits per heavy atom. The molecule has 0 aliphatic rings. The molecule has 1 aromatic rings. The van der Waals surface area contributed by atoms with Crippen LogP contribution in [0.15, 0.2) is 21.6 Å². The zero-order valence-electron chi connectivity index (χ0n) is 9.74. The van der Waals surface area contributed by atoms with E-state index in [1.807, 2.05) is 0 Å². The minimum Gasteiger partial charge on any atom is -0.475 e. The van der Waals surface area contributed by atoms with Crippen LogP contribution in [0.25, 0.3) is 0 Å². The molecule has 1 heterocycles. The van der Waals surface area contributed by atoms with E-state index >= 15 is 0 Å². The highest BCUT2D eigenvalue weighted by atomic mass is 32.2. The van der Waals surface area contributed by atoms with Crippen LogP contribution in [-0.4, -0.2) is 41.8 Å². The van der Waals surface area contributed by atoms with E-state index in [0.717, 1.165) is 12.1 Å². The van der Waals surface area contributed by atoms with Gasteiger partial charge in [-0.25, -0.2) is 17.9 Å². The predicted octanol–water partition coefficient (Wildman–Crippen LogP) is 0.0231. The Morgan fingerprint density at radius 2 is 2.17 bits per heavy atom. The number of hydrogen-bond acceptors (Lipinski definition) is 5. The van der Waals surface area contributed by atoms with Gasteiger partial charge in [-0.1, -0.05) is 0 Å². The van der Waals surface area contributed by atoms with Crippen molar-refractivity contribution in [2.45, 2.75) is 18.1 Å². The van der Waals surface area contributed by atoms with Crippen molar-refractivity contribution in [2.24, 2.45) is 0 Å². The van der Waals surface area contributed by atoms with Crippen LogP contribution >= 0.6 is 0 Å². The summed E-state index contributed by atoms with van der Waals surface area (Å²) < 4.78 is 41.4. The summed E-state index contributed by atoms with van der Waals surface area (Å²) in [6.45, 7) is 1.56. The van der Waals surface area contributed by atoms with E-state index in [9.17, 15) is 17.4 Å². The molecule has 1 aromatic heterocycles. The molecule has 0 radical (unpaired) electrons. The van der Waals surface area contributed by atoms with Crippen LogP contribution in [0.3, 0.4) is 0 Å². The molecular weight excluding hydrogens is 282 g/mol. The Morgan fingerprint density at radius 3 is 2.61 bits per heavy atom. The molecule has 2 N–H and O–H groups in total. The van der Waals surface area contributed by atoms with Crippen LogP contribution in [0, 0.1) is 0 Å². The predicted molar refractivity (Wildman–Crippen MR) is 64.4 cm³/mol. The highest BCUT2D eigenvalue weighted by Gasteiger charge is 2.23. The van der Waals surface area contributed by atoms with Crippen molar-refractivity contribution in [1.82, 2.24) is 4.72 Å². The minimum absolute atomic E-state index is 0.158. The van der Waals surface area contributed by atoms with Gasteiger partial charge >= 0.3 is 5.97 Å². The monoisotopic (exact) mass is 295 g/mol. The van der Waals surface area contributed by atoms with E-state index in [4.69, 9.17) is 5.11 Å². The lowest BCUT2D eigenvalue weighted by atomic mass is 10.4. The van der Waals surface area contributed by atoms with Gasteiger partial charge in [-0.15, -0.1) is 0 Å². The Bertz CT molecular complexity index is 561. The number of hydrogen-bond donors (Lipinski definition) is 2. The number of carboxylic acid groups (broad SMARTS) is 1. The second kappa shape index (κ2) is 5.63. The lowest BCUT2D eigenvalue weighted by Gasteiger charge is -2.10. The molecule has 0 aromatic carbocycles. The van der Waals surface area contributed by atoms with Crippen LogP contribution in [-0.2, 0) is 20.8 Å². The Labute approximate surface area is 107 Å². The summed E-state index contributed by atoms with van der Waals surface area (Å²) in [5.74, 6) is -1.65. The van der Waals surface area contributed by atoms with Crippen molar-refractivity contribution in [3.8, 4) is 0 Å². The number of furan rings is 1. The van der Waals surface area contributed by atoms with Gasteiger partial charge in [0.2, 0.25) is 10.9 Å². The van der Waals surface area contributed by atoms with Crippen molar-refractivity contribution in [2.75, 3.05) is 12.0 Å².